The quantitative estimate of drug-likeness (QED) is 0.603. The summed E-state index contributed by atoms with van der Waals surface area (Å²) in [5, 5.41) is 16.1. The highest BCUT2D eigenvalue weighted by Crippen LogP contribution is 2.58. The van der Waals surface area contributed by atoms with Gasteiger partial charge in [0.2, 0.25) is 0 Å². The lowest BCUT2D eigenvalue weighted by Crippen LogP contribution is -2.53. The molecular formula is C30H38F2N4O. The Morgan fingerprint density at radius 3 is 2.62 bits per heavy atom. The van der Waals surface area contributed by atoms with Crippen LogP contribution in [0.15, 0.2) is 54.4 Å². The van der Waals surface area contributed by atoms with Gasteiger partial charge in [-0.25, -0.2) is 8.78 Å². The molecule has 3 heterocycles. The van der Waals surface area contributed by atoms with Crippen LogP contribution < -0.4 is 0 Å². The number of rotatable bonds is 4. The number of aryl methyl sites for hydroxylation is 1. The van der Waals surface area contributed by atoms with Crippen molar-refractivity contribution in [2.24, 2.45) is 12.5 Å². The summed E-state index contributed by atoms with van der Waals surface area (Å²) in [4.78, 5) is 4.44. The van der Waals surface area contributed by atoms with Gasteiger partial charge in [-0.3, -0.25) is 14.5 Å². The van der Waals surface area contributed by atoms with Gasteiger partial charge in [-0.05, 0) is 69.3 Å². The number of hydrogen-bond donors (Lipinski definition) is 1. The SMILES string of the molecule is Cn1cc(-c2ccc(CN3C(O)C4(CCN(C5CCCCC5F)CC4)C4=CC=CCC43C)c(F)c2)cn1. The first kappa shape index (κ1) is 25.0. The van der Waals surface area contributed by atoms with Gasteiger partial charge in [0.05, 0.1) is 6.20 Å². The molecule has 1 spiro atoms. The van der Waals surface area contributed by atoms with Crippen LogP contribution in [0.3, 0.4) is 0 Å². The first-order valence-corrected chi connectivity index (χ1v) is 13.8. The number of aromatic nitrogens is 2. The monoisotopic (exact) mass is 508 g/mol. The third kappa shape index (κ3) is 4.10. The van der Waals surface area contributed by atoms with Crippen molar-refractivity contribution in [1.82, 2.24) is 19.6 Å². The Kier molecular flexibility index (Phi) is 6.37. The van der Waals surface area contributed by atoms with Crippen molar-refractivity contribution in [2.75, 3.05) is 13.1 Å². The average Bonchev–Trinajstić information content (AvgIpc) is 3.40. The van der Waals surface area contributed by atoms with Gasteiger partial charge in [-0.15, -0.1) is 0 Å². The Labute approximate surface area is 218 Å². The van der Waals surface area contributed by atoms with E-state index in [1.165, 1.54) is 5.57 Å². The number of fused-ring (bicyclic) bond motifs is 2. The minimum absolute atomic E-state index is 0.0137. The Morgan fingerprint density at radius 1 is 1.14 bits per heavy atom. The molecule has 1 aromatic carbocycles. The van der Waals surface area contributed by atoms with Crippen LogP contribution in [0.1, 0.15) is 57.4 Å². The predicted molar refractivity (Wildman–Crippen MR) is 141 cm³/mol. The van der Waals surface area contributed by atoms with E-state index >= 15 is 4.39 Å². The highest BCUT2D eigenvalue weighted by atomic mass is 19.1. The van der Waals surface area contributed by atoms with Crippen LogP contribution >= 0.6 is 0 Å². The smallest absolute Gasteiger partial charge is 0.128 e. The topological polar surface area (TPSA) is 44.5 Å². The number of nitrogens with zero attached hydrogens (tertiary/aromatic N) is 4. The number of allylic oxidation sites excluding steroid dienone is 2. The second-order valence-corrected chi connectivity index (χ2v) is 11.8. The lowest BCUT2D eigenvalue weighted by Gasteiger charge is -2.47. The predicted octanol–water partition coefficient (Wildman–Crippen LogP) is 5.37. The summed E-state index contributed by atoms with van der Waals surface area (Å²) in [6.45, 7) is 4.11. The zero-order chi connectivity index (χ0) is 25.8. The van der Waals surface area contributed by atoms with Gasteiger partial charge in [0.1, 0.15) is 18.2 Å². The molecule has 1 saturated carbocycles. The molecule has 2 aliphatic carbocycles. The zero-order valence-corrected chi connectivity index (χ0v) is 21.9. The van der Waals surface area contributed by atoms with Crippen molar-refractivity contribution in [3.63, 3.8) is 0 Å². The van der Waals surface area contributed by atoms with E-state index < -0.39 is 12.4 Å². The molecule has 0 bridgehead atoms. The van der Waals surface area contributed by atoms with E-state index in [9.17, 15) is 9.50 Å². The number of aliphatic hydroxyl groups is 1. The fourth-order valence-electron chi connectivity index (χ4n) is 7.56. The van der Waals surface area contributed by atoms with Crippen LogP contribution in [-0.2, 0) is 13.6 Å². The Bertz CT molecular complexity index is 1210. The number of aliphatic hydroxyl groups excluding tert-OH is 1. The summed E-state index contributed by atoms with van der Waals surface area (Å²) in [6, 6.07) is 5.36. The van der Waals surface area contributed by atoms with E-state index in [1.807, 2.05) is 25.4 Å². The molecular weight excluding hydrogens is 470 g/mol. The van der Waals surface area contributed by atoms with E-state index in [4.69, 9.17) is 0 Å². The maximum absolute atomic E-state index is 15.4. The lowest BCUT2D eigenvalue weighted by molar-refractivity contribution is -0.0891. The Morgan fingerprint density at radius 2 is 1.92 bits per heavy atom. The third-order valence-corrected chi connectivity index (χ3v) is 9.69. The average molecular weight is 509 g/mol. The van der Waals surface area contributed by atoms with Crippen LogP contribution in [0.25, 0.3) is 11.1 Å². The zero-order valence-electron chi connectivity index (χ0n) is 21.9. The van der Waals surface area contributed by atoms with Gasteiger partial charge in [-0.1, -0.05) is 43.2 Å². The molecule has 37 heavy (non-hydrogen) atoms. The summed E-state index contributed by atoms with van der Waals surface area (Å²) >= 11 is 0. The third-order valence-electron chi connectivity index (χ3n) is 9.69. The number of likely N-dealkylation sites (tertiary alicyclic amines) is 2. The van der Waals surface area contributed by atoms with Crippen LogP contribution in [0.5, 0.6) is 0 Å². The molecule has 7 heteroatoms. The van der Waals surface area contributed by atoms with Gasteiger partial charge in [0.25, 0.3) is 0 Å². The van der Waals surface area contributed by atoms with Crippen molar-refractivity contribution in [1.29, 1.82) is 0 Å². The largest absolute Gasteiger partial charge is 0.377 e. The van der Waals surface area contributed by atoms with Crippen LogP contribution in [0.4, 0.5) is 8.78 Å². The second kappa shape index (κ2) is 9.44. The van der Waals surface area contributed by atoms with Crippen LogP contribution in [-0.4, -0.2) is 61.8 Å². The summed E-state index contributed by atoms with van der Waals surface area (Å²) < 4.78 is 31.8. The number of benzene rings is 1. The van der Waals surface area contributed by atoms with Crippen molar-refractivity contribution < 1.29 is 13.9 Å². The highest BCUT2D eigenvalue weighted by molar-refractivity contribution is 5.62. The maximum atomic E-state index is 15.4. The first-order valence-electron chi connectivity index (χ1n) is 13.8. The fraction of sp³-hybridized carbons (Fsp3) is 0.567. The number of hydrogen-bond acceptors (Lipinski definition) is 4. The Hall–Kier alpha value is -2.35. The minimum atomic E-state index is -0.743. The van der Waals surface area contributed by atoms with Gasteiger partial charge in [-0.2, -0.15) is 5.10 Å². The molecule has 5 nitrogen and oxygen atoms in total. The van der Waals surface area contributed by atoms with E-state index in [-0.39, 0.29) is 22.8 Å². The summed E-state index contributed by atoms with van der Waals surface area (Å²) in [5.41, 5.74) is 2.74. The minimum Gasteiger partial charge on any atom is -0.377 e. The van der Waals surface area contributed by atoms with Gasteiger partial charge < -0.3 is 5.11 Å². The molecule has 4 atom stereocenters. The van der Waals surface area contributed by atoms with E-state index in [1.54, 1.807) is 16.9 Å². The molecule has 2 aliphatic heterocycles. The van der Waals surface area contributed by atoms with Crippen molar-refractivity contribution in [3.8, 4) is 11.1 Å². The molecule has 4 unspecified atom stereocenters. The van der Waals surface area contributed by atoms with Crippen molar-refractivity contribution >= 4 is 0 Å². The molecule has 0 radical (unpaired) electrons. The molecule has 2 aromatic rings. The highest BCUT2D eigenvalue weighted by Gasteiger charge is 2.61. The van der Waals surface area contributed by atoms with E-state index in [2.05, 4.69) is 40.1 Å². The normalized spacial score (nSPS) is 32.0. The van der Waals surface area contributed by atoms with Crippen molar-refractivity contribution in [3.05, 3.63) is 65.8 Å². The number of halogens is 2. The molecule has 0 amide bonds. The molecule has 1 N–H and O–H groups in total. The standard InChI is InChI=1S/C30H38F2N4O/c1-29-12-6-5-9-27(29)30(13-15-35(16-14-30)26-8-4-3-7-24(26)31)28(37)36(29)20-22-11-10-21(17-25(22)32)23-18-33-34(2)19-23/h5-6,9-11,17-19,24,26,28,37H,3-4,7-8,12-16,20H2,1-2H3. The van der Waals surface area contributed by atoms with E-state index in [0.29, 0.717) is 18.5 Å². The van der Waals surface area contributed by atoms with Crippen LogP contribution in [0, 0.1) is 11.2 Å². The van der Waals surface area contributed by atoms with Crippen molar-refractivity contribution in [2.45, 2.75) is 82.4 Å². The van der Waals surface area contributed by atoms with Crippen LogP contribution in [0.2, 0.25) is 0 Å². The van der Waals surface area contributed by atoms with Gasteiger partial charge >= 0.3 is 0 Å². The number of piperidine rings is 1. The summed E-state index contributed by atoms with van der Waals surface area (Å²) in [5.74, 6) is -0.268. The number of alkyl halides is 1. The summed E-state index contributed by atoms with van der Waals surface area (Å²) in [7, 11) is 1.85. The molecule has 3 fully saturated rings. The first-order chi connectivity index (χ1) is 17.8. The molecule has 2 saturated heterocycles. The fourth-order valence-corrected chi connectivity index (χ4v) is 7.56. The summed E-state index contributed by atoms with van der Waals surface area (Å²) in [6.07, 6.45) is 14.7. The molecule has 1 aromatic heterocycles. The van der Waals surface area contributed by atoms with Gasteiger partial charge in [0.15, 0.2) is 0 Å². The second-order valence-electron chi connectivity index (χ2n) is 11.8. The molecule has 6 rings (SSSR count). The molecule has 4 aliphatic rings. The maximum Gasteiger partial charge on any atom is 0.128 e. The van der Waals surface area contributed by atoms with Gasteiger partial charge in [0, 0.05) is 47.9 Å². The Balaban J connectivity index is 1.26. The molecule has 198 valence electrons. The van der Waals surface area contributed by atoms with E-state index in [0.717, 1.165) is 62.7 Å². The lowest BCUT2D eigenvalue weighted by atomic mass is 9.67.